The fraction of sp³-hybridized carbons (Fsp3) is 0.125. The molecule has 4 nitrogen and oxygen atoms in total. The summed E-state index contributed by atoms with van der Waals surface area (Å²) in [7, 11) is 0. The fourth-order valence-electron chi connectivity index (χ4n) is 3.09. The molecule has 0 fully saturated rings. The van der Waals surface area contributed by atoms with Gasteiger partial charge in [0, 0.05) is 11.3 Å². The number of thioether (sulfide) groups is 1. The van der Waals surface area contributed by atoms with E-state index in [4.69, 9.17) is 0 Å². The molecular weight excluding hydrogens is 410 g/mol. The highest BCUT2D eigenvalue weighted by Gasteiger charge is 2.14. The molecular formula is C24H21N3OS2. The summed E-state index contributed by atoms with van der Waals surface area (Å²) in [5.41, 5.74) is 4.21. The smallest absolute Gasteiger partial charge is 0.257 e. The van der Waals surface area contributed by atoms with Crippen LogP contribution in [0.2, 0.25) is 0 Å². The third-order valence-electron chi connectivity index (χ3n) is 4.62. The maximum Gasteiger partial charge on any atom is 0.257 e. The van der Waals surface area contributed by atoms with Crippen molar-refractivity contribution in [2.45, 2.75) is 22.9 Å². The van der Waals surface area contributed by atoms with Gasteiger partial charge in [0.2, 0.25) is 5.13 Å². The summed E-state index contributed by atoms with van der Waals surface area (Å²) in [5, 5.41) is 11.8. The Morgan fingerprint density at radius 1 is 0.800 bits per heavy atom. The van der Waals surface area contributed by atoms with E-state index in [1.807, 2.05) is 60.7 Å². The van der Waals surface area contributed by atoms with Crippen LogP contribution in [-0.4, -0.2) is 16.1 Å². The molecule has 0 unspecified atom stereocenters. The number of rotatable bonds is 8. The second kappa shape index (κ2) is 10.2. The zero-order valence-corrected chi connectivity index (χ0v) is 18.0. The van der Waals surface area contributed by atoms with E-state index in [0.717, 1.165) is 28.5 Å². The van der Waals surface area contributed by atoms with Crippen LogP contribution in [0.3, 0.4) is 0 Å². The SMILES string of the molecule is O=C(Nc1nnc(SCc2ccccc2)s1)c1ccccc1CCc1ccccc1. The molecule has 1 heterocycles. The Hall–Kier alpha value is -2.96. The average molecular weight is 432 g/mol. The molecule has 0 bridgehead atoms. The Kier molecular flexibility index (Phi) is 6.90. The molecule has 4 rings (SSSR count). The topological polar surface area (TPSA) is 54.9 Å². The first-order valence-electron chi connectivity index (χ1n) is 9.71. The van der Waals surface area contributed by atoms with Gasteiger partial charge < -0.3 is 0 Å². The fourth-order valence-corrected chi connectivity index (χ4v) is 4.79. The highest BCUT2D eigenvalue weighted by molar-refractivity contribution is 8.00. The van der Waals surface area contributed by atoms with Crippen molar-refractivity contribution in [2.24, 2.45) is 0 Å². The van der Waals surface area contributed by atoms with Gasteiger partial charge in [-0.2, -0.15) is 0 Å². The number of carbonyl (C=O) groups is 1. The van der Waals surface area contributed by atoms with Crippen LogP contribution >= 0.6 is 23.1 Å². The Balaban J connectivity index is 1.38. The van der Waals surface area contributed by atoms with Gasteiger partial charge in [-0.1, -0.05) is 102 Å². The molecule has 1 amide bonds. The Labute approximate surface area is 184 Å². The number of nitrogens with one attached hydrogen (secondary N) is 1. The lowest BCUT2D eigenvalue weighted by atomic mass is 9.99. The van der Waals surface area contributed by atoms with Gasteiger partial charge in [-0.05, 0) is 35.6 Å². The van der Waals surface area contributed by atoms with Crippen molar-refractivity contribution in [3.05, 3.63) is 107 Å². The van der Waals surface area contributed by atoms with Crippen LogP contribution in [0.25, 0.3) is 0 Å². The third kappa shape index (κ3) is 5.55. The molecule has 30 heavy (non-hydrogen) atoms. The van der Waals surface area contributed by atoms with Crippen LogP contribution in [0, 0.1) is 0 Å². The molecule has 0 aliphatic rings. The maximum absolute atomic E-state index is 12.9. The molecule has 6 heteroatoms. The predicted octanol–water partition coefficient (Wildman–Crippen LogP) is 5.87. The Morgan fingerprint density at radius 2 is 1.47 bits per heavy atom. The van der Waals surface area contributed by atoms with Gasteiger partial charge in [0.25, 0.3) is 5.91 Å². The summed E-state index contributed by atoms with van der Waals surface area (Å²) in [6.07, 6.45) is 1.70. The number of aromatic nitrogens is 2. The first kappa shape index (κ1) is 20.3. The lowest BCUT2D eigenvalue weighted by Gasteiger charge is -2.09. The predicted molar refractivity (Wildman–Crippen MR) is 124 cm³/mol. The standard InChI is InChI=1S/C24H21N3OS2/c28-22(21-14-8-7-13-20(21)16-15-18-9-3-1-4-10-18)25-23-26-27-24(30-23)29-17-19-11-5-2-6-12-19/h1-14H,15-17H2,(H,25,26,28). The number of hydrogen-bond donors (Lipinski definition) is 1. The molecule has 0 atom stereocenters. The van der Waals surface area contributed by atoms with Gasteiger partial charge >= 0.3 is 0 Å². The van der Waals surface area contributed by atoms with Crippen LogP contribution in [-0.2, 0) is 18.6 Å². The summed E-state index contributed by atoms with van der Waals surface area (Å²) in [4.78, 5) is 12.9. The van der Waals surface area contributed by atoms with Crippen molar-refractivity contribution >= 4 is 34.1 Å². The van der Waals surface area contributed by atoms with Crippen molar-refractivity contribution < 1.29 is 4.79 Å². The summed E-state index contributed by atoms with van der Waals surface area (Å²) in [5.74, 6) is 0.681. The Bertz CT molecular complexity index is 1100. The van der Waals surface area contributed by atoms with Gasteiger partial charge in [-0.25, -0.2) is 0 Å². The molecule has 0 spiro atoms. The lowest BCUT2D eigenvalue weighted by molar-refractivity contribution is 0.102. The van der Waals surface area contributed by atoms with E-state index in [1.54, 1.807) is 11.8 Å². The minimum atomic E-state index is -0.144. The normalized spacial score (nSPS) is 10.7. The molecule has 1 N–H and O–H groups in total. The minimum Gasteiger partial charge on any atom is -0.296 e. The zero-order valence-electron chi connectivity index (χ0n) is 16.3. The number of aryl methyl sites for hydroxylation is 2. The number of anilines is 1. The molecule has 0 radical (unpaired) electrons. The summed E-state index contributed by atoms with van der Waals surface area (Å²) >= 11 is 3.02. The van der Waals surface area contributed by atoms with E-state index in [9.17, 15) is 4.79 Å². The highest BCUT2D eigenvalue weighted by Crippen LogP contribution is 2.28. The van der Waals surface area contributed by atoms with Crippen LogP contribution in [0.4, 0.5) is 5.13 Å². The summed E-state index contributed by atoms with van der Waals surface area (Å²) in [6.45, 7) is 0. The van der Waals surface area contributed by atoms with Crippen molar-refractivity contribution in [1.82, 2.24) is 10.2 Å². The van der Waals surface area contributed by atoms with E-state index in [-0.39, 0.29) is 5.91 Å². The van der Waals surface area contributed by atoms with E-state index < -0.39 is 0 Å². The molecule has 0 aliphatic heterocycles. The largest absolute Gasteiger partial charge is 0.296 e. The first-order valence-corrected chi connectivity index (χ1v) is 11.5. The molecule has 1 aromatic heterocycles. The Morgan fingerprint density at radius 3 is 2.23 bits per heavy atom. The lowest BCUT2D eigenvalue weighted by Crippen LogP contribution is -2.14. The monoisotopic (exact) mass is 431 g/mol. The van der Waals surface area contributed by atoms with Crippen molar-refractivity contribution in [3.8, 4) is 0 Å². The van der Waals surface area contributed by atoms with E-state index in [1.165, 1.54) is 22.5 Å². The first-order chi connectivity index (χ1) is 14.8. The number of hydrogen-bond acceptors (Lipinski definition) is 5. The van der Waals surface area contributed by atoms with E-state index >= 15 is 0 Å². The quantitative estimate of drug-likeness (QED) is 0.280. The second-order valence-electron chi connectivity index (χ2n) is 6.74. The van der Waals surface area contributed by atoms with E-state index in [0.29, 0.717) is 10.7 Å². The average Bonchev–Trinajstić information content (AvgIpc) is 3.25. The zero-order chi connectivity index (χ0) is 20.6. The van der Waals surface area contributed by atoms with Crippen molar-refractivity contribution in [3.63, 3.8) is 0 Å². The third-order valence-corrected chi connectivity index (χ3v) is 6.66. The number of nitrogens with zero attached hydrogens (tertiary/aromatic N) is 2. The second-order valence-corrected chi connectivity index (χ2v) is 8.94. The number of carbonyl (C=O) groups excluding carboxylic acids is 1. The number of amides is 1. The summed E-state index contributed by atoms with van der Waals surface area (Å²) in [6, 6.07) is 28.3. The van der Waals surface area contributed by atoms with E-state index in [2.05, 4.69) is 39.8 Å². The molecule has 150 valence electrons. The van der Waals surface area contributed by atoms with Crippen LogP contribution < -0.4 is 5.32 Å². The van der Waals surface area contributed by atoms with Crippen molar-refractivity contribution in [2.75, 3.05) is 5.32 Å². The maximum atomic E-state index is 12.9. The molecule has 0 saturated carbocycles. The molecule has 4 aromatic rings. The molecule has 3 aromatic carbocycles. The van der Waals surface area contributed by atoms with Crippen LogP contribution in [0.15, 0.2) is 89.3 Å². The van der Waals surface area contributed by atoms with Crippen molar-refractivity contribution in [1.29, 1.82) is 0 Å². The molecule has 0 aliphatic carbocycles. The van der Waals surface area contributed by atoms with Gasteiger partial charge in [-0.3, -0.25) is 10.1 Å². The van der Waals surface area contributed by atoms with Gasteiger partial charge in [0.1, 0.15) is 0 Å². The minimum absolute atomic E-state index is 0.144. The van der Waals surface area contributed by atoms with Crippen LogP contribution in [0.1, 0.15) is 27.0 Å². The van der Waals surface area contributed by atoms with Gasteiger partial charge in [-0.15, -0.1) is 10.2 Å². The van der Waals surface area contributed by atoms with Crippen LogP contribution in [0.5, 0.6) is 0 Å². The number of benzene rings is 3. The van der Waals surface area contributed by atoms with Gasteiger partial charge in [0.05, 0.1) is 0 Å². The molecule has 0 saturated heterocycles. The summed E-state index contributed by atoms with van der Waals surface area (Å²) < 4.78 is 0.839. The van der Waals surface area contributed by atoms with Gasteiger partial charge in [0.15, 0.2) is 4.34 Å². The highest BCUT2D eigenvalue weighted by atomic mass is 32.2.